The lowest BCUT2D eigenvalue weighted by atomic mass is 10.2. The molecule has 0 unspecified atom stereocenters. The number of hydrogen-bond donors (Lipinski definition) is 2. The molecule has 2 heterocycles. The Labute approximate surface area is 159 Å². The number of nitrogens with zero attached hydrogens (tertiary/aromatic N) is 3. The Balaban J connectivity index is 1.52. The average Bonchev–Trinajstić information content (AvgIpc) is 2.69. The average molecular weight is 385 g/mol. The molecule has 0 bridgehead atoms. The zero-order valence-electron chi connectivity index (χ0n) is 14.7. The molecule has 144 valence electrons. The fourth-order valence-electron chi connectivity index (χ4n) is 2.47. The zero-order chi connectivity index (χ0) is 19.9. The molecule has 0 saturated carbocycles. The van der Waals surface area contributed by atoms with E-state index < -0.39 is 17.7 Å². The molecule has 0 spiro atoms. The number of aromatic nitrogens is 3. The Morgan fingerprint density at radius 2 is 1.86 bits per heavy atom. The van der Waals surface area contributed by atoms with Gasteiger partial charge in [-0.2, -0.15) is 5.10 Å². The molecule has 2 N–H and O–H groups in total. The molecule has 0 radical (unpaired) electrons. The first-order valence-electron chi connectivity index (χ1n) is 8.51. The number of rotatable bonds is 6. The van der Waals surface area contributed by atoms with Gasteiger partial charge in [0.15, 0.2) is 0 Å². The van der Waals surface area contributed by atoms with Crippen molar-refractivity contribution in [2.45, 2.75) is 13.0 Å². The summed E-state index contributed by atoms with van der Waals surface area (Å²) in [5.41, 5.74) is 1.10. The number of pyridine rings is 1. The second-order valence-corrected chi connectivity index (χ2v) is 5.87. The predicted octanol–water partition coefficient (Wildman–Crippen LogP) is 2.80. The van der Waals surface area contributed by atoms with Gasteiger partial charge in [0, 0.05) is 43.2 Å². The molecule has 2 aromatic heterocycles. The van der Waals surface area contributed by atoms with Crippen LogP contribution in [0.15, 0.2) is 59.7 Å². The minimum Gasteiger partial charge on any atom is -0.338 e. The van der Waals surface area contributed by atoms with Crippen molar-refractivity contribution in [3.63, 3.8) is 0 Å². The molecule has 9 heteroatoms. The first-order valence-corrected chi connectivity index (χ1v) is 8.51. The summed E-state index contributed by atoms with van der Waals surface area (Å²) in [6.07, 6.45) is 3.71. The van der Waals surface area contributed by atoms with Crippen molar-refractivity contribution in [3.05, 3.63) is 76.8 Å². The zero-order valence-corrected chi connectivity index (χ0v) is 14.7. The standard InChI is InChI=1S/C19H17F2N5O2/c20-14-2-3-17(15(21)12-14)24-19(28)23-8-1-11-26-18(27)5-4-16(25-26)13-6-9-22-10-7-13/h2-7,9-10,12H,1,8,11H2,(H2,23,24,28). The van der Waals surface area contributed by atoms with E-state index in [2.05, 4.69) is 20.7 Å². The van der Waals surface area contributed by atoms with Gasteiger partial charge in [-0.25, -0.2) is 18.3 Å². The summed E-state index contributed by atoms with van der Waals surface area (Å²) in [7, 11) is 0. The van der Waals surface area contributed by atoms with E-state index in [9.17, 15) is 18.4 Å². The quantitative estimate of drug-likeness (QED) is 0.639. The van der Waals surface area contributed by atoms with Gasteiger partial charge in [0.2, 0.25) is 0 Å². The van der Waals surface area contributed by atoms with Crippen molar-refractivity contribution >= 4 is 11.7 Å². The minimum atomic E-state index is -0.862. The maximum Gasteiger partial charge on any atom is 0.319 e. The number of urea groups is 1. The Bertz CT molecular complexity index is 1020. The predicted molar refractivity (Wildman–Crippen MR) is 99.7 cm³/mol. The van der Waals surface area contributed by atoms with Crippen LogP contribution in [0.4, 0.5) is 19.3 Å². The summed E-state index contributed by atoms with van der Waals surface area (Å²) in [5.74, 6) is -1.59. The molecule has 0 aliphatic rings. The van der Waals surface area contributed by atoms with Crippen molar-refractivity contribution in [1.82, 2.24) is 20.1 Å². The molecule has 7 nitrogen and oxygen atoms in total. The summed E-state index contributed by atoms with van der Waals surface area (Å²) in [5, 5.41) is 9.15. The fraction of sp³-hybridized carbons (Fsp3) is 0.158. The van der Waals surface area contributed by atoms with E-state index in [0.717, 1.165) is 17.7 Å². The lowest BCUT2D eigenvalue weighted by Crippen LogP contribution is -2.31. The molecule has 3 rings (SSSR count). The lowest BCUT2D eigenvalue weighted by Gasteiger charge is -2.09. The van der Waals surface area contributed by atoms with E-state index in [4.69, 9.17) is 0 Å². The number of nitrogens with one attached hydrogen (secondary N) is 2. The highest BCUT2D eigenvalue weighted by atomic mass is 19.1. The minimum absolute atomic E-state index is 0.123. The second-order valence-electron chi connectivity index (χ2n) is 5.87. The molecule has 2 amide bonds. The maximum absolute atomic E-state index is 13.5. The van der Waals surface area contributed by atoms with Gasteiger partial charge in [0.25, 0.3) is 5.56 Å². The van der Waals surface area contributed by atoms with Gasteiger partial charge in [-0.1, -0.05) is 0 Å². The molecule has 28 heavy (non-hydrogen) atoms. The van der Waals surface area contributed by atoms with Crippen LogP contribution in [0.25, 0.3) is 11.3 Å². The van der Waals surface area contributed by atoms with Crippen molar-refractivity contribution in [1.29, 1.82) is 0 Å². The number of hydrogen-bond acceptors (Lipinski definition) is 4. The summed E-state index contributed by atoms with van der Waals surface area (Å²) in [6, 6.07) is 8.89. The Hall–Kier alpha value is -3.62. The third kappa shape index (κ3) is 4.97. The van der Waals surface area contributed by atoms with Crippen LogP contribution in [-0.2, 0) is 6.54 Å². The van der Waals surface area contributed by atoms with E-state index in [-0.39, 0.29) is 17.8 Å². The van der Waals surface area contributed by atoms with Crippen LogP contribution in [0.2, 0.25) is 0 Å². The van der Waals surface area contributed by atoms with Gasteiger partial charge in [0.05, 0.1) is 11.4 Å². The largest absolute Gasteiger partial charge is 0.338 e. The highest BCUT2D eigenvalue weighted by Crippen LogP contribution is 2.15. The molecular formula is C19H17F2N5O2. The highest BCUT2D eigenvalue weighted by molar-refractivity contribution is 5.89. The Kier molecular flexibility index (Phi) is 6.05. The topological polar surface area (TPSA) is 88.9 Å². The number of benzene rings is 1. The number of carbonyl (C=O) groups excluding carboxylic acids is 1. The van der Waals surface area contributed by atoms with Gasteiger partial charge < -0.3 is 10.6 Å². The first-order chi connectivity index (χ1) is 13.5. The second kappa shape index (κ2) is 8.85. The Morgan fingerprint density at radius 3 is 2.61 bits per heavy atom. The molecule has 3 aromatic rings. The van der Waals surface area contributed by atoms with Gasteiger partial charge in [0.1, 0.15) is 11.6 Å². The number of anilines is 1. The van der Waals surface area contributed by atoms with E-state index in [1.54, 1.807) is 30.6 Å². The van der Waals surface area contributed by atoms with E-state index in [1.807, 2.05) is 0 Å². The third-order valence-electron chi connectivity index (χ3n) is 3.85. The summed E-state index contributed by atoms with van der Waals surface area (Å²) in [6.45, 7) is 0.533. The van der Waals surface area contributed by atoms with E-state index in [1.165, 1.54) is 10.7 Å². The molecular weight excluding hydrogens is 368 g/mol. The number of aryl methyl sites for hydroxylation is 1. The van der Waals surface area contributed by atoms with Crippen LogP contribution < -0.4 is 16.2 Å². The van der Waals surface area contributed by atoms with Gasteiger partial charge in [-0.05, 0) is 36.8 Å². The lowest BCUT2D eigenvalue weighted by molar-refractivity contribution is 0.251. The first kappa shape index (κ1) is 19.2. The summed E-state index contributed by atoms with van der Waals surface area (Å²) >= 11 is 0. The maximum atomic E-state index is 13.5. The van der Waals surface area contributed by atoms with Crippen LogP contribution >= 0.6 is 0 Å². The number of halogens is 2. The summed E-state index contributed by atoms with van der Waals surface area (Å²) < 4.78 is 27.7. The fourth-order valence-corrected chi connectivity index (χ4v) is 2.47. The van der Waals surface area contributed by atoms with Crippen molar-refractivity contribution in [2.24, 2.45) is 0 Å². The van der Waals surface area contributed by atoms with E-state index >= 15 is 0 Å². The highest BCUT2D eigenvalue weighted by Gasteiger charge is 2.08. The normalized spacial score (nSPS) is 10.5. The van der Waals surface area contributed by atoms with Crippen LogP contribution in [-0.4, -0.2) is 27.3 Å². The molecule has 1 aromatic carbocycles. The third-order valence-corrected chi connectivity index (χ3v) is 3.85. The van der Waals surface area contributed by atoms with Crippen LogP contribution in [0, 0.1) is 11.6 Å². The van der Waals surface area contributed by atoms with Crippen LogP contribution in [0.5, 0.6) is 0 Å². The van der Waals surface area contributed by atoms with Gasteiger partial charge in [-0.15, -0.1) is 0 Å². The molecule has 0 atom stereocenters. The monoisotopic (exact) mass is 385 g/mol. The molecule has 0 saturated heterocycles. The van der Waals surface area contributed by atoms with E-state index in [0.29, 0.717) is 24.7 Å². The molecule has 0 aliphatic carbocycles. The molecule has 0 fully saturated rings. The Morgan fingerprint density at radius 1 is 1.07 bits per heavy atom. The van der Waals surface area contributed by atoms with Crippen molar-refractivity contribution in [3.8, 4) is 11.3 Å². The SMILES string of the molecule is O=C(NCCCn1nc(-c2ccncc2)ccc1=O)Nc1ccc(F)cc1F. The number of carbonyl (C=O) groups is 1. The number of amides is 2. The smallest absolute Gasteiger partial charge is 0.319 e. The van der Waals surface area contributed by atoms with Gasteiger partial charge in [-0.3, -0.25) is 9.78 Å². The van der Waals surface area contributed by atoms with Crippen LogP contribution in [0.1, 0.15) is 6.42 Å². The van der Waals surface area contributed by atoms with Crippen molar-refractivity contribution < 1.29 is 13.6 Å². The summed E-state index contributed by atoms with van der Waals surface area (Å²) in [4.78, 5) is 27.7. The van der Waals surface area contributed by atoms with Gasteiger partial charge >= 0.3 is 6.03 Å². The van der Waals surface area contributed by atoms with Crippen LogP contribution in [0.3, 0.4) is 0 Å². The van der Waals surface area contributed by atoms with Crippen molar-refractivity contribution in [2.75, 3.05) is 11.9 Å². The molecule has 0 aliphatic heterocycles.